The zero-order chi connectivity index (χ0) is 19.8. The third-order valence-electron chi connectivity index (χ3n) is 4.00. The Labute approximate surface area is 163 Å². The van der Waals surface area contributed by atoms with Crippen molar-refractivity contribution in [3.05, 3.63) is 95.8 Å². The summed E-state index contributed by atoms with van der Waals surface area (Å²) in [6, 6.07) is 20.6. The predicted octanol–water partition coefficient (Wildman–Crippen LogP) is 5.07. The van der Waals surface area contributed by atoms with Crippen LogP contribution in [-0.2, 0) is 11.4 Å². The molecule has 0 radical (unpaired) electrons. The smallest absolute Gasteiger partial charge is 0.248 e. The fraction of sp³-hybridized carbons (Fsp3) is 0.0870. The number of carbonyl (C=O) groups excluding carboxylic acids is 1. The summed E-state index contributed by atoms with van der Waals surface area (Å²) in [4.78, 5) is 12.3. The quantitative estimate of drug-likeness (QED) is 0.585. The summed E-state index contributed by atoms with van der Waals surface area (Å²) >= 11 is 0. The van der Waals surface area contributed by atoms with Crippen molar-refractivity contribution in [2.45, 2.75) is 6.61 Å². The van der Waals surface area contributed by atoms with Crippen molar-refractivity contribution >= 4 is 17.7 Å². The second-order valence-corrected chi connectivity index (χ2v) is 6.01. The lowest BCUT2D eigenvalue weighted by Gasteiger charge is -2.11. The lowest BCUT2D eigenvalue weighted by atomic mass is 10.2. The number of para-hydroxylation sites is 2. The van der Waals surface area contributed by atoms with Gasteiger partial charge in [0.05, 0.1) is 12.8 Å². The summed E-state index contributed by atoms with van der Waals surface area (Å²) < 4.78 is 23.9. The molecule has 4 nitrogen and oxygen atoms in total. The van der Waals surface area contributed by atoms with Gasteiger partial charge >= 0.3 is 0 Å². The van der Waals surface area contributed by atoms with Gasteiger partial charge < -0.3 is 14.8 Å². The van der Waals surface area contributed by atoms with E-state index < -0.39 is 0 Å². The van der Waals surface area contributed by atoms with E-state index >= 15 is 0 Å². The van der Waals surface area contributed by atoms with Crippen LogP contribution in [0.1, 0.15) is 11.1 Å². The van der Waals surface area contributed by atoms with Gasteiger partial charge in [-0.1, -0.05) is 36.4 Å². The molecule has 3 aromatic carbocycles. The average molecular weight is 377 g/mol. The van der Waals surface area contributed by atoms with Crippen LogP contribution in [0.4, 0.5) is 10.1 Å². The zero-order valence-corrected chi connectivity index (χ0v) is 15.4. The molecule has 0 aliphatic rings. The number of nitrogens with one attached hydrogen (secondary N) is 1. The normalized spacial score (nSPS) is 10.6. The Morgan fingerprint density at radius 2 is 1.71 bits per heavy atom. The molecule has 0 aliphatic heterocycles. The third-order valence-corrected chi connectivity index (χ3v) is 4.00. The first-order valence-electron chi connectivity index (χ1n) is 8.73. The molecule has 1 amide bonds. The van der Waals surface area contributed by atoms with Crippen molar-refractivity contribution in [3.8, 4) is 11.5 Å². The van der Waals surface area contributed by atoms with Gasteiger partial charge in [-0.2, -0.15) is 0 Å². The van der Waals surface area contributed by atoms with Crippen molar-refractivity contribution < 1.29 is 18.7 Å². The average Bonchev–Trinajstić information content (AvgIpc) is 2.73. The van der Waals surface area contributed by atoms with Crippen molar-refractivity contribution in [1.29, 1.82) is 0 Å². The first-order chi connectivity index (χ1) is 13.6. The highest BCUT2D eigenvalue weighted by Gasteiger charge is 2.06. The van der Waals surface area contributed by atoms with Gasteiger partial charge in [0.1, 0.15) is 23.9 Å². The van der Waals surface area contributed by atoms with Crippen molar-refractivity contribution in [1.82, 2.24) is 0 Å². The monoisotopic (exact) mass is 377 g/mol. The van der Waals surface area contributed by atoms with Gasteiger partial charge in [-0.15, -0.1) is 0 Å². The minimum Gasteiger partial charge on any atom is -0.497 e. The SMILES string of the molecule is COc1ccc(/C=C/C(=O)Nc2ccccc2OCc2ccc(F)cc2)cc1. The second-order valence-electron chi connectivity index (χ2n) is 6.01. The van der Waals surface area contributed by atoms with Crippen molar-refractivity contribution in [2.75, 3.05) is 12.4 Å². The molecule has 0 atom stereocenters. The molecule has 0 aliphatic carbocycles. The first-order valence-corrected chi connectivity index (χ1v) is 8.73. The molecule has 142 valence electrons. The van der Waals surface area contributed by atoms with Gasteiger partial charge in [0, 0.05) is 6.08 Å². The second kappa shape index (κ2) is 9.37. The fourth-order valence-electron chi connectivity index (χ4n) is 2.50. The van der Waals surface area contributed by atoms with E-state index in [1.807, 2.05) is 36.4 Å². The summed E-state index contributed by atoms with van der Waals surface area (Å²) in [6.45, 7) is 0.273. The topological polar surface area (TPSA) is 47.6 Å². The number of hydrogen-bond donors (Lipinski definition) is 1. The van der Waals surface area contributed by atoms with E-state index in [1.54, 1.807) is 37.5 Å². The molecule has 28 heavy (non-hydrogen) atoms. The van der Waals surface area contributed by atoms with Gasteiger partial charge in [-0.05, 0) is 53.6 Å². The van der Waals surface area contributed by atoms with E-state index in [0.29, 0.717) is 11.4 Å². The van der Waals surface area contributed by atoms with Gasteiger partial charge in [0.15, 0.2) is 0 Å². The molecule has 0 fully saturated rings. The van der Waals surface area contributed by atoms with E-state index in [9.17, 15) is 9.18 Å². The van der Waals surface area contributed by atoms with E-state index in [0.717, 1.165) is 16.9 Å². The molecule has 0 bridgehead atoms. The fourth-order valence-corrected chi connectivity index (χ4v) is 2.50. The van der Waals surface area contributed by atoms with Gasteiger partial charge in [-0.3, -0.25) is 4.79 Å². The van der Waals surface area contributed by atoms with Crippen LogP contribution in [0.5, 0.6) is 11.5 Å². The summed E-state index contributed by atoms with van der Waals surface area (Å²) in [7, 11) is 1.61. The number of methoxy groups -OCH3 is 1. The highest BCUT2D eigenvalue weighted by Crippen LogP contribution is 2.25. The van der Waals surface area contributed by atoms with E-state index in [1.165, 1.54) is 18.2 Å². The highest BCUT2D eigenvalue weighted by molar-refractivity contribution is 6.02. The summed E-state index contributed by atoms with van der Waals surface area (Å²) in [5.74, 6) is 0.737. The van der Waals surface area contributed by atoms with Gasteiger partial charge in [0.2, 0.25) is 5.91 Å². The Morgan fingerprint density at radius 1 is 1.00 bits per heavy atom. The summed E-state index contributed by atoms with van der Waals surface area (Å²) in [5, 5.41) is 2.81. The van der Waals surface area contributed by atoms with Crippen LogP contribution in [0, 0.1) is 5.82 Å². The molecule has 3 rings (SSSR count). The Morgan fingerprint density at radius 3 is 2.43 bits per heavy atom. The lowest BCUT2D eigenvalue weighted by molar-refractivity contribution is -0.111. The molecular weight excluding hydrogens is 357 g/mol. The molecule has 0 heterocycles. The molecule has 5 heteroatoms. The Kier molecular flexibility index (Phi) is 6.41. The van der Waals surface area contributed by atoms with Crippen LogP contribution < -0.4 is 14.8 Å². The summed E-state index contributed by atoms with van der Waals surface area (Å²) in [6.07, 6.45) is 3.18. The Balaban J connectivity index is 1.62. The molecule has 3 aromatic rings. The Hall–Kier alpha value is -3.60. The molecular formula is C23H20FNO3. The highest BCUT2D eigenvalue weighted by atomic mass is 19.1. The number of benzene rings is 3. The molecule has 0 spiro atoms. The van der Waals surface area contributed by atoms with Crippen molar-refractivity contribution in [2.24, 2.45) is 0 Å². The molecule has 1 N–H and O–H groups in total. The maximum atomic E-state index is 13.0. The maximum absolute atomic E-state index is 13.0. The first kappa shape index (κ1) is 19.2. The van der Waals surface area contributed by atoms with Crippen LogP contribution in [0.3, 0.4) is 0 Å². The lowest BCUT2D eigenvalue weighted by Crippen LogP contribution is -2.09. The van der Waals surface area contributed by atoms with E-state index in [2.05, 4.69) is 5.32 Å². The number of halogens is 1. The molecule has 0 saturated heterocycles. The standard InChI is InChI=1S/C23H20FNO3/c1-27-20-13-8-17(9-14-20)10-15-23(26)25-21-4-2-3-5-22(21)28-16-18-6-11-19(24)12-7-18/h2-15H,16H2,1H3,(H,25,26)/b15-10+. The van der Waals surface area contributed by atoms with Crippen LogP contribution in [0.2, 0.25) is 0 Å². The number of rotatable bonds is 7. The Bertz CT molecular complexity index is 950. The largest absolute Gasteiger partial charge is 0.497 e. The van der Waals surface area contributed by atoms with Gasteiger partial charge in [0.25, 0.3) is 0 Å². The maximum Gasteiger partial charge on any atom is 0.248 e. The van der Waals surface area contributed by atoms with Crippen LogP contribution in [0.15, 0.2) is 78.9 Å². The minimum absolute atomic E-state index is 0.270. The van der Waals surface area contributed by atoms with Crippen LogP contribution in [0.25, 0.3) is 6.08 Å². The minimum atomic E-state index is -0.292. The van der Waals surface area contributed by atoms with Crippen molar-refractivity contribution in [3.63, 3.8) is 0 Å². The number of amides is 1. The molecule has 0 aromatic heterocycles. The molecule has 0 unspecified atom stereocenters. The summed E-state index contributed by atoms with van der Waals surface area (Å²) in [5.41, 5.74) is 2.28. The number of ether oxygens (including phenoxy) is 2. The number of hydrogen-bond acceptors (Lipinski definition) is 3. The van der Waals surface area contributed by atoms with E-state index in [4.69, 9.17) is 9.47 Å². The predicted molar refractivity (Wildman–Crippen MR) is 108 cm³/mol. The van der Waals surface area contributed by atoms with Crippen LogP contribution in [-0.4, -0.2) is 13.0 Å². The van der Waals surface area contributed by atoms with Crippen LogP contribution >= 0.6 is 0 Å². The van der Waals surface area contributed by atoms with E-state index in [-0.39, 0.29) is 18.3 Å². The zero-order valence-electron chi connectivity index (χ0n) is 15.4. The third kappa shape index (κ3) is 5.45. The number of carbonyl (C=O) groups is 1. The van der Waals surface area contributed by atoms with Gasteiger partial charge in [-0.25, -0.2) is 4.39 Å². The number of anilines is 1. The molecule has 0 saturated carbocycles.